The summed E-state index contributed by atoms with van der Waals surface area (Å²) in [6.07, 6.45) is 0.849. The third kappa shape index (κ3) is 5.13. The molecule has 1 aromatic rings. The van der Waals surface area contributed by atoms with Crippen molar-refractivity contribution in [2.75, 3.05) is 20.3 Å². The highest BCUT2D eigenvalue weighted by molar-refractivity contribution is 9.10. The van der Waals surface area contributed by atoms with Crippen molar-refractivity contribution in [3.05, 3.63) is 22.2 Å². The van der Waals surface area contributed by atoms with Crippen LogP contribution in [0.5, 0.6) is 11.5 Å². The van der Waals surface area contributed by atoms with Crippen molar-refractivity contribution in [3.8, 4) is 11.5 Å². The van der Waals surface area contributed by atoms with Gasteiger partial charge >= 0.3 is 5.97 Å². The van der Waals surface area contributed by atoms with Crippen molar-refractivity contribution >= 4 is 27.8 Å². The first-order chi connectivity index (χ1) is 10.7. The molecule has 1 aromatic carbocycles. The van der Waals surface area contributed by atoms with Crippen LogP contribution in [0, 0.1) is 5.41 Å². The molecule has 0 bridgehead atoms. The lowest BCUT2D eigenvalue weighted by Gasteiger charge is -2.20. The summed E-state index contributed by atoms with van der Waals surface area (Å²) in [4.78, 5) is 23.3. The molecule has 23 heavy (non-hydrogen) atoms. The van der Waals surface area contributed by atoms with Gasteiger partial charge in [0.05, 0.1) is 23.6 Å². The van der Waals surface area contributed by atoms with Gasteiger partial charge in [-0.05, 0) is 48.3 Å². The molecular formula is C16H22BrNO5. The monoisotopic (exact) mass is 387 g/mol. The Labute approximate surface area is 144 Å². The van der Waals surface area contributed by atoms with Crippen molar-refractivity contribution in [3.63, 3.8) is 0 Å². The molecule has 1 amide bonds. The number of nitrogens with one attached hydrogen (secondary N) is 1. The number of ether oxygens (including phenoxy) is 2. The van der Waals surface area contributed by atoms with Crippen LogP contribution in [0.25, 0.3) is 0 Å². The van der Waals surface area contributed by atoms with Crippen LogP contribution in [0.4, 0.5) is 0 Å². The van der Waals surface area contributed by atoms with Crippen LogP contribution in [-0.4, -0.2) is 37.2 Å². The molecule has 1 rings (SSSR count). The number of methoxy groups -OCH3 is 1. The minimum absolute atomic E-state index is 0.0230. The third-order valence-electron chi connectivity index (χ3n) is 3.21. The van der Waals surface area contributed by atoms with E-state index in [1.54, 1.807) is 26.0 Å². The number of rotatable bonds is 8. The molecular weight excluding hydrogens is 366 g/mol. The highest BCUT2D eigenvalue weighted by Gasteiger charge is 2.28. The number of carboxylic acid groups (broad SMARTS) is 1. The van der Waals surface area contributed by atoms with Gasteiger partial charge in [-0.1, -0.05) is 6.92 Å². The lowest BCUT2D eigenvalue weighted by atomic mass is 9.94. The Kier molecular flexibility index (Phi) is 6.87. The van der Waals surface area contributed by atoms with Crippen LogP contribution in [0.1, 0.15) is 37.6 Å². The number of aliphatic carboxylic acids is 1. The Balaban J connectivity index is 2.94. The average molecular weight is 388 g/mol. The third-order valence-corrected chi connectivity index (χ3v) is 3.80. The van der Waals surface area contributed by atoms with Crippen LogP contribution >= 0.6 is 15.9 Å². The molecule has 0 radical (unpaired) electrons. The van der Waals surface area contributed by atoms with Gasteiger partial charge in [0.15, 0.2) is 11.5 Å². The number of halogens is 1. The molecule has 0 saturated carbocycles. The highest BCUT2D eigenvalue weighted by atomic mass is 79.9. The molecule has 0 saturated heterocycles. The van der Waals surface area contributed by atoms with Gasteiger partial charge in [0.2, 0.25) is 0 Å². The van der Waals surface area contributed by atoms with E-state index >= 15 is 0 Å². The summed E-state index contributed by atoms with van der Waals surface area (Å²) < 4.78 is 11.5. The highest BCUT2D eigenvalue weighted by Crippen LogP contribution is 2.36. The first kappa shape index (κ1) is 19.3. The van der Waals surface area contributed by atoms with E-state index in [0.717, 1.165) is 6.42 Å². The minimum atomic E-state index is -1.04. The predicted octanol–water partition coefficient (Wildman–Crippen LogP) is 3.09. The van der Waals surface area contributed by atoms with Crippen molar-refractivity contribution < 1.29 is 24.2 Å². The lowest BCUT2D eigenvalue weighted by Crippen LogP contribution is -2.38. The fourth-order valence-corrected chi connectivity index (χ4v) is 2.23. The number of carboxylic acids is 1. The van der Waals surface area contributed by atoms with E-state index in [2.05, 4.69) is 21.2 Å². The molecule has 0 atom stereocenters. The maximum Gasteiger partial charge on any atom is 0.310 e. The summed E-state index contributed by atoms with van der Waals surface area (Å²) in [5, 5.41) is 11.7. The van der Waals surface area contributed by atoms with E-state index in [1.807, 2.05) is 6.92 Å². The lowest BCUT2D eigenvalue weighted by molar-refractivity contribution is -0.146. The van der Waals surface area contributed by atoms with Gasteiger partial charge in [-0.25, -0.2) is 0 Å². The number of amides is 1. The van der Waals surface area contributed by atoms with Crippen molar-refractivity contribution in [2.45, 2.75) is 27.2 Å². The fourth-order valence-electron chi connectivity index (χ4n) is 1.67. The van der Waals surface area contributed by atoms with E-state index in [4.69, 9.17) is 14.6 Å². The number of carbonyl (C=O) groups is 2. The molecule has 0 aliphatic heterocycles. The van der Waals surface area contributed by atoms with E-state index < -0.39 is 11.4 Å². The zero-order chi connectivity index (χ0) is 17.6. The molecule has 2 N–H and O–H groups in total. The molecule has 128 valence electrons. The summed E-state index contributed by atoms with van der Waals surface area (Å²) >= 11 is 3.37. The van der Waals surface area contributed by atoms with Crippen molar-refractivity contribution in [1.29, 1.82) is 0 Å². The zero-order valence-electron chi connectivity index (χ0n) is 13.7. The smallest absolute Gasteiger partial charge is 0.310 e. The van der Waals surface area contributed by atoms with E-state index in [0.29, 0.717) is 28.1 Å². The minimum Gasteiger partial charge on any atom is -0.493 e. The summed E-state index contributed by atoms with van der Waals surface area (Å²) in [5.41, 5.74) is -0.681. The van der Waals surface area contributed by atoms with E-state index in [9.17, 15) is 9.59 Å². The number of hydrogen-bond acceptors (Lipinski definition) is 4. The number of carbonyl (C=O) groups excluding carboxylic acids is 1. The van der Waals surface area contributed by atoms with Crippen molar-refractivity contribution in [1.82, 2.24) is 5.32 Å². The second-order valence-corrected chi connectivity index (χ2v) is 6.56. The van der Waals surface area contributed by atoms with Gasteiger partial charge in [0.25, 0.3) is 5.91 Å². The summed E-state index contributed by atoms with van der Waals surface area (Å²) in [6, 6.07) is 3.19. The first-order valence-corrected chi connectivity index (χ1v) is 8.04. The summed E-state index contributed by atoms with van der Waals surface area (Å²) in [6.45, 7) is 5.65. The van der Waals surface area contributed by atoms with E-state index in [1.165, 1.54) is 7.11 Å². The SMILES string of the molecule is CCCOc1c(Br)cc(C(=O)NCC(C)(C)C(=O)O)cc1OC. The topological polar surface area (TPSA) is 84.9 Å². The Hall–Kier alpha value is -1.76. The Bertz CT molecular complexity index is 586. The zero-order valence-corrected chi connectivity index (χ0v) is 15.3. The van der Waals surface area contributed by atoms with Gasteiger partial charge in [0.1, 0.15) is 0 Å². The average Bonchev–Trinajstić information content (AvgIpc) is 2.50. The molecule has 0 spiro atoms. The van der Waals surface area contributed by atoms with Crippen LogP contribution < -0.4 is 14.8 Å². The van der Waals surface area contributed by atoms with Crippen LogP contribution in [0.15, 0.2) is 16.6 Å². The standard InChI is InChI=1S/C16H22BrNO5/c1-5-6-23-13-11(17)7-10(8-12(13)22-4)14(19)18-9-16(2,3)15(20)21/h7-8H,5-6,9H2,1-4H3,(H,18,19)(H,20,21). The molecule has 0 aliphatic carbocycles. The van der Waals surface area contributed by atoms with Crippen LogP contribution in [0.3, 0.4) is 0 Å². The maximum atomic E-state index is 12.2. The Morgan fingerprint density at radius 3 is 2.52 bits per heavy atom. The molecule has 0 aromatic heterocycles. The van der Waals surface area contributed by atoms with Crippen molar-refractivity contribution in [2.24, 2.45) is 5.41 Å². The predicted molar refractivity (Wildman–Crippen MR) is 90.2 cm³/mol. The Morgan fingerprint density at radius 2 is 2.00 bits per heavy atom. The number of hydrogen-bond donors (Lipinski definition) is 2. The van der Waals surface area contributed by atoms with Gasteiger partial charge in [-0.3, -0.25) is 9.59 Å². The second-order valence-electron chi connectivity index (χ2n) is 5.71. The summed E-state index contributed by atoms with van der Waals surface area (Å²) in [7, 11) is 1.50. The van der Waals surface area contributed by atoms with Gasteiger partial charge in [0, 0.05) is 12.1 Å². The Morgan fingerprint density at radius 1 is 1.35 bits per heavy atom. The molecule has 6 nitrogen and oxygen atoms in total. The van der Waals surface area contributed by atoms with Gasteiger partial charge in [-0.2, -0.15) is 0 Å². The number of benzene rings is 1. The summed E-state index contributed by atoms with van der Waals surface area (Å²) in [5.74, 6) is -0.368. The van der Waals surface area contributed by atoms with Gasteiger partial charge in [-0.15, -0.1) is 0 Å². The molecule has 0 aliphatic rings. The van der Waals surface area contributed by atoms with Gasteiger partial charge < -0.3 is 19.9 Å². The molecule has 0 fully saturated rings. The maximum absolute atomic E-state index is 12.2. The molecule has 0 heterocycles. The first-order valence-electron chi connectivity index (χ1n) is 7.24. The fraction of sp³-hybridized carbons (Fsp3) is 0.500. The quantitative estimate of drug-likeness (QED) is 0.715. The molecule has 7 heteroatoms. The normalized spacial score (nSPS) is 11.0. The van der Waals surface area contributed by atoms with E-state index in [-0.39, 0.29) is 12.5 Å². The second kappa shape index (κ2) is 8.19. The largest absolute Gasteiger partial charge is 0.493 e. The molecule has 0 unspecified atom stereocenters. The van der Waals surface area contributed by atoms with Crippen LogP contribution in [-0.2, 0) is 4.79 Å². The van der Waals surface area contributed by atoms with Crippen LogP contribution in [0.2, 0.25) is 0 Å².